The summed E-state index contributed by atoms with van der Waals surface area (Å²) in [5.41, 5.74) is 15.1. The third kappa shape index (κ3) is 22.7. The number of phenolic OH excluding ortho intramolecular Hbond substituents is 3. The number of ether oxygens (including phenoxy) is 9. The smallest absolute Gasteiger partial charge is 0.333 e. The topological polar surface area (TPSA) is 625 Å². The van der Waals surface area contributed by atoms with E-state index in [0.717, 1.165) is 71.3 Å². The molecule has 3 saturated heterocycles. The van der Waals surface area contributed by atoms with Gasteiger partial charge in [-0.2, -0.15) is 0 Å². The molecule has 8 heterocycles. The van der Waals surface area contributed by atoms with Crippen molar-refractivity contribution in [3.05, 3.63) is 176 Å². The molecular formula is C90H105Cl3N12O28. The summed E-state index contributed by atoms with van der Waals surface area (Å²) in [5, 5.41) is 141. The number of hydrogen-bond donors (Lipinski definition) is 22. The van der Waals surface area contributed by atoms with Crippen LogP contribution < -0.4 is 79.3 Å². The maximum Gasteiger partial charge on any atom is 0.333 e. The Balaban J connectivity index is 1.02. The highest BCUT2D eigenvalue weighted by molar-refractivity contribution is 6.32. The zero-order valence-electron chi connectivity index (χ0n) is 72.5. The molecule has 11 bridgehead atoms. The fraction of sp³-hybridized carbons (Fsp3) is 0.433. The summed E-state index contributed by atoms with van der Waals surface area (Å²) in [7, 11) is 1.36. The number of halogens is 3. The van der Waals surface area contributed by atoms with Gasteiger partial charge in [0.05, 0.1) is 59.6 Å². The number of aliphatic hydroxyl groups excluding tert-OH is 7. The summed E-state index contributed by atoms with van der Waals surface area (Å²) < 4.78 is 58.7. The van der Waals surface area contributed by atoms with Gasteiger partial charge in [0.2, 0.25) is 53.4 Å². The van der Waals surface area contributed by atoms with Gasteiger partial charge in [-0.15, -0.1) is 0 Å². The van der Waals surface area contributed by atoms with Gasteiger partial charge in [0, 0.05) is 64.8 Å². The van der Waals surface area contributed by atoms with Crippen LogP contribution in [0.5, 0.6) is 46.0 Å². The van der Waals surface area contributed by atoms with E-state index in [1.165, 1.54) is 52.1 Å². The van der Waals surface area contributed by atoms with Crippen LogP contribution in [0, 0.1) is 0 Å². The Labute approximate surface area is 776 Å². The Kier molecular flexibility index (Phi) is 31.5. The summed E-state index contributed by atoms with van der Waals surface area (Å²) in [4.78, 5) is 136. The molecule has 133 heavy (non-hydrogen) atoms. The van der Waals surface area contributed by atoms with Gasteiger partial charge < -0.3 is 159 Å². The molecule has 3 fully saturated rings. The third-order valence-electron chi connectivity index (χ3n) is 23.8. The van der Waals surface area contributed by atoms with E-state index >= 15 is 28.8 Å². The lowest BCUT2D eigenvalue weighted by Crippen LogP contribution is -2.65. The molecular weight excluding hydrogens is 1800 g/mol. The lowest BCUT2D eigenvalue weighted by atomic mass is 9.84. The molecule has 8 amide bonds. The minimum absolute atomic E-state index is 0.0317. The molecule has 2 unspecified atom stereocenters. The molecule has 23 atom stereocenters. The fourth-order valence-corrected chi connectivity index (χ4v) is 17.2. The van der Waals surface area contributed by atoms with Crippen molar-refractivity contribution in [1.29, 1.82) is 0 Å². The quantitative estimate of drug-likeness (QED) is 0.0304. The number of nitrogens with two attached hydrogens (primary N) is 3. The maximum atomic E-state index is 16.7. The number of aliphatic hydroxyl groups is 7. The minimum atomic E-state index is -2.45. The summed E-state index contributed by atoms with van der Waals surface area (Å²) in [6, 6.07) is 13.7. The number of esters is 1. The largest absolute Gasteiger partial charge is 0.508 e. The molecule has 0 radical (unpaired) electrons. The van der Waals surface area contributed by atoms with Crippen LogP contribution in [-0.4, -0.2) is 247 Å². The van der Waals surface area contributed by atoms with Gasteiger partial charge >= 0.3 is 5.97 Å². The highest BCUT2D eigenvalue weighted by Crippen LogP contribution is 2.51. The summed E-state index contributed by atoms with van der Waals surface area (Å²) >= 11 is 20.9. The molecule has 0 aliphatic carbocycles. The molecule has 15 rings (SSSR count). The second-order valence-corrected chi connectivity index (χ2v) is 35.2. The molecule has 714 valence electrons. The van der Waals surface area contributed by atoms with Crippen LogP contribution in [-0.2, 0) is 78.1 Å². The minimum Gasteiger partial charge on any atom is -0.508 e. The normalized spacial score (nSPS) is 28.8. The summed E-state index contributed by atoms with van der Waals surface area (Å²) in [6.45, 7) is 5.89. The van der Waals surface area contributed by atoms with Crippen LogP contribution in [0.1, 0.15) is 130 Å². The number of carbonyl (C=O) groups is 9. The molecule has 40 nitrogen and oxygen atoms in total. The Morgan fingerprint density at radius 3 is 1.89 bits per heavy atom. The second-order valence-electron chi connectivity index (χ2n) is 33.9. The number of rotatable bonds is 24. The number of likely N-dealkylation sites (N-methyl/N-ethyl adjacent to an activating group) is 1. The molecule has 7 aromatic rings. The number of amides is 8. The van der Waals surface area contributed by atoms with Crippen LogP contribution in [0.15, 0.2) is 127 Å². The van der Waals surface area contributed by atoms with E-state index in [2.05, 4.69) is 47.9 Å². The molecule has 0 aromatic heterocycles. The number of hydrogen-bond acceptors (Lipinski definition) is 32. The summed E-state index contributed by atoms with van der Waals surface area (Å²) in [6.07, 6.45) is -24.8. The van der Waals surface area contributed by atoms with Crippen molar-refractivity contribution < 1.29 is 137 Å². The molecule has 7 aromatic carbocycles. The lowest BCUT2D eigenvalue weighted by molar-refractivity contribution is -0.334. The van der Waals surface area contributed by atoms with Crippen molar-refractivity contribution in [3.63, 3.8) is 0 Å². The number of benzene rings is 7. The van der Waals surface area contributed by atoms with Crippen LogP contribution in [0.4, 0.5) is 0 Å². The lowest BCUT2D eigenvalue weighted by Gasteiger charge is -2.48. The monoisotopic (exact) mass is 1910 g/mol. The van der Waals surface area contributed by atoms with E-state index in [9.17, 15) is 65.4 Å². The van der Waals surface area contributed by atoms with Gasteiger partial charge in [0.15, 0.2) is 42.8 Å². The Bertz CT molecular complexity index is 5500. The SMILES string of the molecule is CN[C@H](CC(C)O)C(=O)N[C@H]1C(=O)N[C@@H](CC(N)=O)C(=O)N[C@H]2C(=O)N[C@H]3C(=O)N[C@H](C(=O)N[C@H](C(=O)OCC(=O)NCCCN)c4cc(O)cc(O)c4-c4cc3ccc4O)[C@H](O[C@H]3C[C@](C)(N)[C@@H](O)[C@H](C)O3)c3ccc(c(Cl)c3)Oc3cc2cc(c3OC2O[C@H](CO)[C@@H](O)[C@H](O)[C@H]2O[C@H]2C[C@](C)(NCc3ccc(-c4ccc(Cl)cc4)cc3)[C@@H](O)[C@H](C)O2)Oc2ccc(cc2Cl)[C@H]1O. The average molecular weight is 1910 g/mol. The van der Waals surface area contributed by atoms with Gasteiger partial charge in [-0.1, -0.05) is 89.4 Å². The average Bonchev–Trinajstić information content (AvgIpc) is 0.770. The predicted molar refractivity (Wildman–Crippen MR) is 472 cm³/mol. The van der Waals surface area contributed by atoms with Crippen molar-refractivity contribution >= 4 is 88.0 Å². The number of aromatic hydroxyl groups is 3. The Morgan fingerprint density at radius 1 is 0.654 bits per heavy atom. The number of nitrogens with one attached hydrogen (secondary N) is 9. The van der Waals surface area contributed by atoms with Crippen molar-refractivity contribution in [3.8, 4) is 68.2 Å². The van der Waals surface area contributed by atoms with Crippen molar-refractivity contribution in [2.45, 2.75) is 213 Å². The van der Waals surface area contributed by atoms with Crippen molar-refractivity contribution in [1.82, 2.24) is 47.9 Å². The molecule has 43 heteroatoms. The predicted octanol–water partition coefficient (Wildman–Crippen LogP) is 2.14. The zero-order chi connectivity index (χ0) is 96.1. The first-order valence-electron chi connectivity index (χ1n) is 42.6. The standard InChI is InChI=1S/C90H105Cl3N12O28/c1-38(107)24-54(97-6)81(118)104-71-73(113)45-15-20-58(52(92)26-45)128-60-28-47-29-61(77(60)133-88-78(75(115)74(114)62(36-106)130-88)132-66-34-90(5,80(117)40(3)127-66)99-35-41-8-10-42(11-9-41)43-12-17-48(91)18-13-43)129-59-21-16-46(27-53(59)93)76(131-65-33-89(4,96)79(116)39(2)126-65)72-86(123)103-70(87(124)125-37-64(112)98-23-7-22-94)51-30-49(108)31-57(110)67(51)50-25-44(14-19-56(50)109)68(83(120)105-72)102-84(121)69(47)101-82(119)55(32-63(95)111)100-85(71)122/h8-21,25-31,38-40,54-55,62,65-66,68-76,78-80,88,97,99,106-110,113-117H,7,22-24,32-37,94,96H2,1-6H3,(H2,95,111)(H,98,112)(H,100,122)(H,101,119)(H,102,121)(H,103,123)(H,104,118)(H,105,120)/t38?,39-,40-,54+,55-,62+,65-,66-,68+,69+,70-,71+,72-,73+,74+,75-,76+,78+,79-,80-,88?,89-,90-/m0/s1. The van der Waals surface area contributed by atoms with E-state index in [0.29, 0.717) is 11.4 Å². The van der Waals surface area contributed by atoms with E-state index in [-0.39, 0.29) is 50.0 Å². The summed E-state index contributed by atoms with van der Waals surface area (Å²) in [5.74, 6) is -17.1. The third-order valence-corrected chi connectivity index (χ3v) is 24.7. The van der Waals surface area contributed by atoms with Gasteiger partial charge in [0.1, 0.15) is 89.5 Å². The Hall–Kier alpha value is -11.2. The number of carbonyl (C=O) groups excluding carboxylic acids is 9. The molecule has 0 spiro atoms. The molecule has 8 aliphatic rings. The first-order chi connectivity index (χ1) is 63.1. The zero-order valence-corrected chi connectivity index (χ0v) is 74.8. The fourth-order valence-electron chi connectivity index (χ4n) is 16.6. The van der Waals surface area contributed by atoms with Gasteiger partial charge in [-0.25, -0.2) is 4.79 Å². The van der Waals surface area contributed by atoms with Gasteiger partial charge in [0.25, 0.3) is 5.91 Å². The molecule has 0 saturated carbocycles. The van der Waals surface area contributed by atoms with Gasteiger partial charge in [-0.3, -0.25) is 38.4 Å². The number of fused-ring (bicyclic) bond motifs is 15. The van der Waals surface area contributed by atoms with Crippen molar-refractivity contribution in [2.75, 3.05) is 33.4 Å². The highest BCUT2D eigenvalue weighted by Gasteiger charge is 2.53. The number of primary amides is 1. The first-order valence-corrected chi connectivity index (χ1v) is 43.7. The van der Waals surface area contributed by atoms with E-state index in [1.54, 1.807) is 26.0 Å². The number of phenols is 3. The molecule has 8 aliphatic heterocycles. The maximum absolute atomic E-state index is 16.7. The molecule has 25 N–H and O–H groups in total. The van der Waals surface area contributed by atoms with E-state index < -0.39 is 296 Å². The highest BCUT2D eigenvalue weighted by atomic mass is 35.5. The van der Waals surface area contributed by atoms with E-state index in [1.807, 2.05) is 36.4 Å². The van der Waals surface area contributed by atoms with Crippen LogP contribution in [0.2, 0.25) is 15.1 Å². The van der Waals surface area contributed by atoms with Crippen LogP contribution in [0.25, 0.3) is 22.3 Å². The van der Waals surface area contributed by atoms with E-state index in [4.69, 9.17) is 94.6 Å². The second kappa shape index (κ2) is 42.2. The van der Waals surface area contributed by atoms with Gasteiger partial charge in [-0.05, 0) is 167 Å². The van der Waals surface area contributed by atoms with Crippen molar-refractivity contribution in [2.24, 2.45) is 17.2 Å². The Morgan fingerprint density at radius 2 is 1.26 bits per heavy atom. The van der Waals surface area contributed by atoms with Crippen LogP contribution in [0.3, 0.4) is 0 Å². The first kappa shape index (κ1) is 99.3. The van der Waals surface area contributed by atoms with Crippen LogP contribution >= 0.6 is 34.8 Å².